The minimum atomic E-state index is -0.0993. The fourth-order valence-electron chi connectivity index (χ4n) is 3.75. The number of rotatable bonds is 5. The predicted molar refractivity (Wildman–Crippen MR) is 125 cm³/mol. The van der Waals surface area contributed by atoms with Crippen molar-refractivity contribution >= 4 is 33.1 Å². The molecule has 2 aromatic heterocycles. The van der Waals surface area contributed by atoms with Gasteiger partial charge in [-0.1, -0.05) is 78.9 Å². The van der Waals surface area contributed by atoms with Gasteiger partial charge in [0.25, 0.3) is 5.91 Å². The van der Waals surface area contributed by atoms with Crippen molar-refractivity contribution in [2.75, 3.05) is 5.32 Å². The highest BCUT2D eigenvalue weighted by atomic mass is 32.1. The van der Waals surface area contributed by atoms with Crippen molar-refractivity contribution in [2.45, 2.75) is 6.54 Å². The summed E-state index contributed by atoms with van der Waals surface area (Å²) in [5.74, 6) is -0.0993. The summed E-state index contributed by atoms with van der Waals surface area (Å²) >= 11 is 1.66. The van der Waals surface area contributed by atoms with Gasteiger partial charge in [0.1, 0.15) is 5.69 Å². The molecule has 3 nitrogen and oxygen atoms in total. The zero-order valence-corrected chi connectivity index (χ0v) is 17.1. The van der Waals surface area contributed by atoms with Crippen molar-refractivity contribution in [3.8, 4) is 11.1 Å². The normalized spacial score (nSPS) is 10.9. The smallest absolute Gasteiger partial charge is 0.272 e. The molecule has 2 heterocycles. The summed E-state index contributed by atoms with van der Waals surface area (Å²) in [5.41, 5.74) is 5.82. The van der Waals surface area contributed by atoms with Crippen molar-refractivity contribution in [2.24, 2.45) is 0 Å². The third-order valence-electron chi connectivity index (χ3n) is 5.20. The minimum Gasteiger partial charge on any atom is -0.331 e. The van der Waals surface area contributed by atoms with Gasteiger partial charge in [-0.3, -0.25) is 4.79 Å². The van der Waals surface area contributed by atoms with Gasteiger partial charge in [-0.2, -0.15) is 0 Å². The van der Waals surface area contributed by atoms with Crippen LogP contribution in [0.2, 0.25) is 0 Å². The lowest BCUT2D eigenvalue weighted by molar-refractivity contribution is 0.101. The van der Waals surface area contributed by atoms with E-state index in [9.17, 15) is 4.79 Å². The van der Waals surface area contributed by atoms with Crippen molar-refractivity contribution in [1.82, 2.24) is 4.57 Å². The zero-order chi connectivity index (χ0) is 20.3. The van der Waals surface area contributed by atoms with Crippen LogP contribution in [0, 0.1) is 0 Å². The van der Waals surface area contributed by atoms with Crippen molar-refractivity contribution < 1.29 is 4.79 Å². The highest BCUT2D eigenvalue weighted by Crippen LogP contribution is 2.30. The molecule has 0 bridgehead atoms. The van der Waals surface area contributed by atoms with Crippen molar-refractivity contribution in [1.29, 1.82) is 0 Å². The second-order valence-electron chi connectivity index (χ2n) is 7.14. The van der Waals surface area contributed by atoms with E-state index in [1.807, 2.05) is 66.7 Å². The van der Waals surface area contributed by atoms with E-state index < -0.39 is 0 Å². The molecule has 0 fully saturated rings. The standard InChI is InChI=1S/C26H20N2OS/c29-26(27-22-14-8-7-13-21(22)20-11-5-2-6-12-20)24-17-25-23(15-16-30-25)28(24)18-19-9-3-1-4-10-19/h1-17H,18H2,(H,27,29). The van der Waals surface area contributed by atoms with E-state index in [4.69, 9.17) is 0 Å². The minimum absolute atomic E-state index is 0.0993. The SMILES string of the molecule is O=C(Nc1ccccc1-c1ccccc1)c1cc2sccc2n1Cc1ccccc1. The third kappa shape index (κ3) is 3.53. The maximum absolute atomic E-state index is 13.3. The van der Waals surface area contributed by atoms with Gasteiger partial charge >= 0.3 is 0 Å². The fourth-order valence-corrected chi connectivity index (χ4v) is 4.57. The fraction of sp³-hybridized carbons (Fsp3) is 0.0385. The summed E-state index contributed by atoms with van der Waals surface area (Å²) in [4.78, 5) is 13.3. The molecule has 0 aliphatic heterocycles. The number of carbonyl (C=O) groups excluding carboxylic acids is 1. The van der Waals surface area contributed by atoms with Crippen LogP contribution in [0.3, 0.4) is 0 Å². The number of anilines is 1. The molecule has 5 aromatic rings. The number of thiophene rings is 1. The largest absolute Gasteiger partial charge is 0.331 e. The average Bonchev–Trinajstić information content (AvgIpc) is 3.38. The Morgan fingerprint density at radius 3 is 2.33 bits per heavy atom. The van der Waals surface area contributed by atoms with Gasteiger partial charge in [0.05, 0.1) is 10.2 Å². The highest BCUT2D eigenvalue weighted by molar-refractivity contribution is 7.17. The molecule has 1 N–H and O–H groups in total. The van der Waals surface area contributed by atoms with Crippen molar-refractivity contribution in [3.63, 3.8) is 0 Å². The molecule has 3 aromatic carbocycles. The Bertz CT molecular complexity index is 1300. The van der Waals surface area contributed by atoms with E-state index >= 15 is 0 Å². The Labute approximate surface area is 179 Å². The molecule has 0 atom stereocenters. The average molecular weight is 409 g/mol. The zero-order valence-electron chi connectivity index (χ0n) is 16.3. The summed E-state index contributed by atoms with van der Waals surface area (Å²) in [6.07, 6.45) is 0. The Hall–Kier alpha value is -3.63. The maximum Gasteiger partial charge on any atom is 0.272 e. The molecule has 4 heteroatoms. The molecule has 0 spiro atoms. The van der Waals surface area contributed by atoms with Crippen LogP contribution >= 0.6 is 11.3 Å². The lowest BCUT2D eigenvalue weighted by Gasteiger charge is -2.14. The van der Waals surface area contributed by atoms with Crippen LogP contribution in [0.25, 0.3) is 21.3 Å². The van der Waals surface area contributed by atoms with E-state index in [1.54, 1.807) is 11.3 Å². The second-order valence-corrected chi connectivity index (χ2v) is 8.08. The van der Waals surface area contributed by atoms with Gasteiger partial charge in [0.2, 0.25) is 0 Å². The molecule has 0 radical (unpaired) electrons. The summed E-state index contributed by atoms with van der Waals surface area (Å²) < 4.78 is 3.22. The molecule has 0 saturated heterocycles. The molecule has 0 unspecified atom stereocenters. The van der Waals surface area contributed by atoms with Gasteiger partial charge in [-0.25, -0.2) is 0 Å². The third-order valence-corrected chi connectivity index (χ3v) is 6.05. The first kappa shape index (κ1) is 18.4. The van der Waals surface area contributed by atoms with E-state index in [-0.39, 0.29) is 5.91 Å². The first-order chi connectivity index (χ1) is 14.8. The summed E-state index contributed by atoms with van der Waals surface area (Å²) in [7, 11) is 0. The van der Waals surface area contributed by atoms with Crippen LogP contribution in [-0.2, 0) is 6.54 Å². The Balaban J connectivity index is 1.51. The molecule has 1 amide bonds. The molecule has 0 saturated carbocycles. The number of nitrogens with one attached hydrogen (secondary N) is 1. The number of hydrogen-bond donors (Lipinski definition) is 1. The Kier molecular flexibility index (Phi) is 4.91. The quantitative estimate of drug-likeness (QED) is 0.346. The number of hydrogen-bond acceptors (Lipinski definition) is 2. The summed E-state index contributed by atoms with van der Waals surface area (Å²) in [6.45, 7) is 0.657. The van der Waals surface area contributed by atoms with Crippen LogP contribution in [0.4, 0.5) is 5.69 Å². The van der Waals surface area contributed by atoms with Gasteiger partial charge in [-0.15, -0.1) is 11.3 Å². The predicted octanol–water partition coefficient (Wildman–Crippen LogP) is 6.67. The van der Waals surface area contributed by atoms with Crippen LogP contribution in [0.15, 0.2) is 102 Å². The molecular formula is C26H20N2OS. The molecule has 30 heavy (non-hydrogen) atoms. The van der Waals surface area contributed by atoms with Gasteiger partial charge in [0, 0.05) is 17.8 Å². The lowest BCUT2D eigenvalue weighted by atomic mass is 10.0. The van der Waals surface area contributed by atoms with Crippen molar-refractivity contribution in [3.05, 3.63) is 114 Å². The Morgan fingerprint density at radius 2 is 1.53 bits per heavy atom. The maximum atomic E-state index is 13.3. The number of para-hydroxylation sites is 1. The molecular weight excluding hydrogens is 388 g/mol. The second kappa shape index (κ2) is 8.01. The molecule has 0 aliphatic rings. The number of benzene rings is 3. The van der Waals surface area contributed by atoms with Crippen LogP contribution < -0.4 is 5.32 Å². The highest BCUT2D eigenvalue weighted by Gasteiger charge is 2.18. The number of fused-ring (bicyclic) bond motifs is 1. The summed E-state index contributed by atoms with van der Waals surface area (Å²) in [5, 5.41) is 5.22. The molecule has 146 valence electrons. The van der Waals surface area contributed by atoms with E-state index in [0.29, 0.717) is 12.2 Å². The number of carbonyl (C=O) groups is 1. The lowest BCUT2D eigenvalue weighted by Crippen LogP contribution is -2.18. The topological polar surface area (TPSA) is 34.0 Å². The van der Waals surface area contributed by atoms with Crippen LogP contribution in [-0.4, -0.2) is 10.5 Å². The first-order valence-electron chi connectivity index (χ1n) is 9.86. The van der Waals surface area contributed by atoms with Gasteiger partial charge < -0.3 is 9.88 Å². The molecule has 5 rings (SSSR count). The first-order valence-corrected chi connectivity index (χ1v) is 10.7. The summed E-state index contributed by atoms with van der Waals surface area (Å²) in [6, 6.07) is 32.4. The Morgan fingerprint density at radius 1 is 0.833 bits per heavy atom. The van der Waals surface area contributed by atoms with Crippen LogP contribution in [0.1, 0.15) is 16.1 Å². The number of amides is 1. The van der Waals surface area contributed by atoms with Gasteiger partial charge in [-0.05, 0) is 34.7 Å². The van der Waals surface area contributed by atoms with Crippen LogP contribution in [0.5, 0.6) is 0 Å². The van der Waals surface area contributed by atoms with E-state index in [1.165, 1.54) is 5.56 Å². The molecule has 0 aliphatic carbocycles. The number of nitrogens with zero attached hydrogens (tertiary/aromatic N) is 1. The monoisotopic (exact) mass is 408 g/mol. The van der Waals surface area contributed by atoms with Gasteiger partial charge in [0.15, 0.2) is 0 Å². The van der Waals surface area contributed by atoms with E-state index in [0.717, 1.165) is 27.0 Å². The number of aromatic nitrogens is 1. The van der Waals surface area contributed by atoms with E-state index in [2.05, 4.69) is 45.6 Å².